The molecule has 0 aromatic carbocycles. The summed E-state index contributed by atoms with van der Waals surface area (Å²) in [6.45, 7) is 4.06. The number of hydrogen-bond acceptors (Lipinski definition) is 4. The third kappa shape index (κ3) is 3.45. The molecule has 7 nitrogen and oxygen atoms in total. The predicted octanol–water partition coefficient (Wildman–Crippen LogP) is 1.10. The van der Waals surface area contributed by atoms with Crippen molar-refractivity contribution in [1.82, 2.24) is 9.88 Å². The molecule has 1 aliphatic rings. The van der Waals surface area contributed by atoms with E-state index in [1.807, 2.05) is 13.0 Å². The van der Waals surface area contributed by atoms with Gasteiger partial charge in [-0.1, -0.05) is 0 Å². The Hall–Kier alpha value is -2.15. The Morgan fingerprint density at radius 3 is 2.80 bits per heavy atom. The molecule has 1 aromatic heterocycles. The molecule has 1 saturated heterocycles. The van der Waals surface area contributed by atoms with Crippen LogP contribution in [0.25, 0.3) is 0 Å². The molecular weight excluding hydrogens is 262 g/mol. The van der Waals surface area contributed by atoms with Crippen LogP contribution in [0.15, 0.2) is 18.5 Å². The van der Waals surface area contributed by atoms with E-state index in [-0.39, 0.29) is 12.6 Å². The lowest BCUT2D eigenvalue weighted by Crippen LogP contribution is -2.64. The standard InChI is InChI=1S/C13H17N3O4/c1-9-3-10(5-14-4-9)15-12(19)16-7-13(2,8-16)20-6-11(17)18/h3-5H,6-8H2,1-2H3,(H,15,19)(H,17,18). The van der Waals surface area contributed by atoms with Gasteiger partial charge in [-0.3, -0.25) is 4.98 Å². The van der Waals surface area contributed by atoms with Gasteiger partial charge in [0.05, 0.1) is 25.0 Å². The van der Waals surface area contributed by atoms with Gasteiger partial charge in [-0.2, -0.15) is 0 Å². The van der Waals surface area contributed by atoms with E-state index >= 15 is 0 Å². The second-order valence-corrected chi connectivity index (χ2v) is 5.17. The molecule has 2 N–H and O–H groups in total. The SMILES string of the molecule is Cc1cncc(NC(=O)N2CC(C)(OCC(=O)O)C2)c1. The van der Waals surface area contributed by atoms with E-state index in [9.17, 15) is 9.59 Å². The van der Waals surface area contributed by atoms with Crippen molar-refractivity contribution in [2.75, 3.05) is 25.0 Å². The van der Waals surface area contributed by atoms with Gasteiger partial charge in [0.25, 0.3) is 0 Å². The summed E-state index contributed by atoms with van der Waals surface area (Å²) in [7, 11) is 0. The van der Waals surface area contributed by atoms with E-state index in [2.05, 4.69) is 10.3 Å². The number of hydrogen-bond donors (Lipinski definition) is 2. The highest BCUT2D eigenvalue weighted by molar-refractivity contribution is 5.90. The molecule has 20 heavy (non-hydrogen) atoms. The van der Waals surface area contributed by atoms with Gasteiger partial charge in [0.2, 0.25) is 0 Å². The molecule has 0 aliphatic carbocycles. The molecule has 2 heterocycles. The van der Waals surface area contributed by atoms with Crippen LogP contribution in [0.1, 0.15) is 12.5 Å². The lowest BCUT2D eigenvalue weighted by molar-refractivity contribution is -0.159. The maximum absolute atomic E-state index is 11.9. The summed E-state index contributed by atoms with van der Waals surface area (Å²) < 4.78 is 5.24. The van der Waals surface area contributed by atoms with Crippen LogP contribution in [0.3, 0.4) is 0 Å². The van der Waals surface area contributed by atoms with E-state index in [4.69, 9.17) is 9.84 Å². The van der Waals surface area contributed by atoms with Crippen molar-refractivity contribution >= 4 is 17.7 Å². The number of amides is 2. The Morgan fingerprint density at radius 1 is 1.50 bits per heavy atom. The smallest absolute Gasteiger partial charge is 0.329 e. The van der Waals surface area contributed by atoms with Crippen molar-refractivity contribution in [3.63, 3.8) is 0 Å². The highest BCUT2D eigenvalue weighted by atomic mass is 16.5. The Balaban J connectivity index is 1.83. The molecule has 0 unspecified atom stereocenters. The normalized spacial score (nSPS) is 16.4. The van der Waals surface area contributed by atoms with Crippen molar-refractivity contribution in [2.45, 2.75) is 19.4 Å². The van der Waals surface area contributed by atoms with E-state index in [0.29, 0.717) is 18.8 Å². The van der Waals surface area contributed by atoms with E-state index in [1.54, 1.807) is 24.2 Å². The first-order valence-corrected chi connectivity index (χ1v) is 6.21. The zero-order chi connectivity index (χ0) is 14.8. The van der Waals surface area contributed by atoms with Crippen LogP contribution in [0.2, 0.25) is 0 Å². The largest absolute Gasteiger partial charge is 0.480 e. The number of anilines is 1. The third-order valence-electron chi connectivity index (χ3n) is 3.01. The van der Waals surface area contributed by atoms with Gasteiger partial charge in [-0.05, 0) is 25.5 Å². The number of likely N-dealkylation sites (tertiary alicyclic amines) is 1. The monoisotopic (exact) mass is 279 g/mol. The van der Waals surface area contributed by atoms with Gasteiger partial charge in [-0.15, -0.1) is 0 Å². The third-order valence-corrected chi connectivity index (χ3v) is 3.01. The number of aromatic nitrogens is 1. The van der Waals surface area contributed by atoms with Crippen molar-refractivity contribution in [3.8, 4) is 0 Å². The minimum Gasteiger partial charge on any atom is -0.480 e. The Morgan fingerprint density at radius 2 is 2.20 bits per heavy atom. The van der Waals surface area contributed by atoms with Crippen molar-refractivity contribution in [3.05, 3.63) is 24.0 Å². The number of rotatable bonds is 4. The van der Waals surface area contributed by atoms with Crippen molar-refractivity contribution in [1.29, 1.82) is 0 Å². The quantitative estimate of drug-likeness (QED) is 0.861. The Labute approximate surface area is 116 Å². The van der Waals surface area contributed by atoms with Gasteiger partial charge in [0.15, 0.2) is 0 Å². The number of pyridine rings is 1. The number of aliphatic carboxylic acids is 1. The van der Waals surface area contributed by atoms with Crippen LogP contribution >= 0.6 is 0 Å². The Kier molecular flexibility index (Phi) is 3.89. The fraction of sp³-hybridized carbons (Fsp3) is 0.462. The Bertz CT molecular complexity index is 526. The van der Waals surface area contributed by atoms with Gasteiger partial charge < -0.3 is 20.1 Å². The highest BCUT2D eigenvalue weighted by Gasteiger charge is 2.42. The highest BCUT2D eigenvalue weighted by Crippen LogP contribution is 2.25. The molecule has 108 valence electrons. The number of carbonyl (C=O) groups is 2. The molecule has 0 saturated carbocycles. The summed E-state index contributed by atoms with van der Waals surface area (Å²) >= 11 is 0. The second kappa shape index (κ2) is 5.46. The number of aryl methyl sites for hydroxylation is 1. The predicted molar refractivity (Wildman–Crippen MR) is 71.6 cm³/mol. The zero-order valence-electron chi connectivity index (χ0n) is 11.4. The van der Waals surface area contributed by atoms with E-state index < -0.39 is 11.6 Å². The lowest BCUT2D eigenvalue weighted by atomic mass is 9.97. The number of carbonyl (C=O) groups excluding carboxylic acids is 1. The minimum absolute atomic E-state index is 0.242. The number of carboxylic acid groups (broad SMARTS) is 1. The van der Waals surface area contributed by atoms with Gasteiger partial charge in [0, 0.05) is 6.20 Å². The van der Waals surface area contributed by atoms with Crippen LogP contribution in [0, 0.1) is 6.92 Å². The number of nitrogens with one attached hydrogen (secondary N) is 1. The van der Waals surface area contributed by atoms with E-state index in [1.165, 1.54) is 0 Å². The summed E-state index contributed by atoms with van der Waals surface area (Å²) in [6.07, 6.45) is 3.28. The van der Waals surface area contributed by atoms with E-state index in [0.717, 1.165) is 5.56 Å². The molecule has 0 spiro atoms. The van der Waals surface area contributed by atoms with Crippen LogP contribution < -0.4 is 5.32 Å². The fourth-order valence-electron chi connectivity index (χ4n) is 2.06. The maximum Gasteiger partial charge on any atom is 0.329 e. The molecular formula is C13H17N3O4. The number of ether oxygens (including phenoxy) is 1. The summed E-state index contributed by atoms with van der Waals surface area (Å²) in [4.78, 5) is 28.0. The first-order valence-electron chi connectivity index (χ1n) is 6.21. The van der Waals surface area contributed by atoms with Crippen LogP contribution in [0.5, 0.6) is 0 Å². The van der Waals surface area contributed by atoms with Crippen molar-refractivity contribution < 1.29 is 19.4 Å². The molecule has 0 bridgehead atoms. The summed E-state index contributed by atoms with van der Waals surface area (Å²) in [5.74, 6) is -1.01. The average molecular weight is 279 g/mol. The topological polar surface area (TPSA) is 91.8 Å². The summed E-state index contributed by atoms with van der Waals surface area (Å²) in [6, 6.07) is 1.58. The zero-order valence-corrected chi connectivity index (χ0v) is 11.4. The molecule has 0 atom stereocenters. The molecule has 1 fully saturated rings. The van der Waals surface area contributed by atoms with Crippen LogP contribution in [0.4, 0.5) is 10.5 Å². The average Bonchev–Trinajstić information content (AvgIpc) is 2.33. The summed E-state index contributed by atoms with van der Waals surface area (Å²) in [5.41, 5.74) is 1.01. The molecule has 7 heteroatoms. The molecule has 2 amide bonds. The molecule has 0 radical (unpaired) electrons. The van der Waals surface area contributed by atoms with Crippen molar-refractivity contribution in [2.24, 2.45) is 0 Å². The number of nitrogens with zero attached hydrogens (tertiary/aromatic N) is 2. The lowest BCUT2D eigenvalue weighted by Gasteiger charge is -2.46. The first-order chi connectivity index (χ1) is 9.38. The van der Waals surface area contributed by atoms with Crippen LogP contribution in [-0.2, 0) is 9.53 Å². The van der Waals surface area contributed by atoms with Gasteiger partial charge in [-0.25, -0.2) is 9.59 Å². The van der Waals surface area contributed by atoms with Crippen LogP contribution in [-0.4, -0.2) is 52.3 Å². The first kappa shape index (κ1) is 14.3. The van der Waals surface area contributed by atoms with Gasteiger partial charge in [0.1, 0.15) is 12.2 Å². The molecule has 2 rings (SSSR count). The maximum atomic E-state index is 11.9. The number of urea groups is 1. The minimum atomic E-state index is -1.01. The number of carboxylic acids is 1. The molecule has 1 aliphatic heterocycles. The molecule has 1 aromatic rings. The summed E-state index contributed by atoms with van der Waals surface area (Å²) in [5, 5.41) is 11.3. The fourth-order valence-corrected chi connectivity index (χ4v) is 2.06. The second-order valence-electron chi connectivity index (χ2n) is 5.17. The van der Waals surface area contributed by atoms with Gasteiger partial charge >= 0.3 is 12.0 Å².